The molecule has 80 valence electrons. The molecule has 0 N–H and O–H groups in total. The van der Waals surface area contributed by atoms with Crippen LogP contribution in [0.15, 0.2) is 0 Å². The second kappa shape index (κ2) is 10.5. The Morgan fingerprint density at radius 2 is 1.69 bits per heavy atom. The van der Waals surface area contributed by atoms with Crippen LogP contribution in [0.25, 0.3) is 0 Å². The number of hydrogen-bond acceptors (Lipinski definition) is 1. The Balaban J connectivity index is 3.05. The van der Waals surface area contributed by atoms with Gasteiger partial charge in [-0.3, -0.25) is 0 Å². The minimum Gasteiger partial charge on any atom is -0.463 e. The van der Waals surface area contributed by atoms with Gasteiger partial charge in [-0.25, -0.2) is 0 Å². The molecule has 1 nitrogen and oxygen atoms in total. The molecule has 0 aliphatic rings. The molecule has 0 unspecified atom stereocenters. The largest absolute Gasteiger partial charge is 0.463 e. The molecule has 0 saturated carbocycles. The van der Waals surface area contributed by atoms with Crippen molar-refractivity contribution < 1.29 is 4.12 Å². The van der Waals surface area contributed by atoms with Gasteiger partial charge in [0.15, 0.2) is 9.04 Å². The maximum Gasteiger partial charge on any atom is 0.162 e. The Bertz CT molecular complexity index is 94.9. The summed E-state index contributed by atoms with van der Waals surface area (Å²) in [6.45, 7) is 6.84. The highest BCUT2D eigenvalue weighted by Gasteiger charge is 2.04. The van der Waals surface area contributed by atoms with Crippen LogP contribution in [0.2, 0.25) is 18.1 Å². The van der Waals surface area contributed by atoms with E-state index in [0.717, 1.165) is 0 Å². The Kier molecular flexibility index (Phi) is 10.8. The Morgan fingerprint density at radius 3 is 2.23 bits per heavy atom. The van der Waals surface area contributed by atoms with Crippen LogP contribution in [0.1, 0.15) is 46.5 Å². The molecular formula is C10H26OSi2. The summed E-state index contributed by atoms with van der Waals surface area (Å²) in [4.78, 5) is 0. The van der Waals surface area contributed by atoms with Crippen molar-refractivity contribution in [2.75, 3.05) is 0 Å². The zero-order valence-corrected chi connectivity index (χ0v) is 12.2. The highest BCUT2D eigenvalue weighted by Crippen LogP contribution is 2.04. The third-order valence-electron chi connectivity index (χ3n) is 2.51. The average Bonchev–Trinajstić information content (AvgIpc) is 2.17. The lowest BCUT2D eigenvalue weighted by molar-refractivity contribution is 0.593. The maximum absolute atomic E-state index is 6.00. The number of rotatable bonds is 9. The highest BCUT2D eigenvalue weighted by atomic mass is 28.3. The quantitative estimate of drug-likeness (QED) is 0.427. The van der Waals surface area contributed by atoms with Gasteiger partial charge in [0.05, 0.1) is 0 Å². The monoisotopic (exact) mass is 218 g/mol. The maximum atomic E-state index is 6.00. The van der Waals surface area contributed by atoms with Crippen molar-refractivity contribution in [3.05, 3.63) is 0 Å². The van der Waals surface area contributed by atoms with Gasteiger partial charge in [-0.15, -0.1) is 0 Å². The lowest BCUT2D eigenvalue weighted by Crippen LogP contribution is -2.17. The standard InChI is InChI=1S/C10H26OSi2/c1-4-7-8-9-10-12-11-13(5-2)6-3/h13H,4-10,12H2,1-3H3. The predicted molar refractivity (Wildman–Crippen MR) is 66.7 cm³/mol. The Hall–Kier alpha value is 0.394. The second-order valence-electron chi connectivity index (χ2n) is 3.72. The third-order valence-corrected chi connectivity index (χ3v) is 7.95. The van der Waals surface area contributed by atoms with Gasteiger partial charge in [0.2, 0.25) is 0 Å². The Labute approximate surface area is 87.9 Å². The molecule has 0 aromatic carbocycles. The van der Waals surface area contributed by atoms with E-state index in [9.17, 15) is 0 Å². The van der Waals surface area contributed by atoms with Gasteiger partial charge in [0.25, 0.3) is 0 Å². The first-order chi connectivity index (χ1) is 6.35. The van der Waals surface area contributed by atoms with Crippen LogP contribution in [0.3, 0.4) is 0 Å². The number of hydrogen-bond donors (Lipinski definition) is 0. The molecule has 3 heteroatoms. The van der Waals surface area contributed by atoms with E-state index in [1.165, 1.54) is 43.8 Å². The molecule has 13 heavy (non-hydrogen) atoms. The summed E-state index contributed by atoms with van der Waals surface area (Å²) in [7, 11) is -0.814. The molecular weight excluding hydrogens is 192 g/mol. The first-order valence-electron chi connectivity index (χ1n) is 5.96. The zero-order chi connectivity index (χ0) is 9.94. The van der Waals surface area contributed by atoms with Crippen molar-refractivity contribution in [1.29, 1.82) is 0 Å². The van der Waals surface area contributed by atoms with Crippen LogP contribution in [-0.4, -0.2) is 18.8 Å². The van der Waals surface area contributed by atoms with Gasteiger partial charge >= 0.3 is 0 Å². The summed E-state index contributed by atoms with van der Waals surface area (Å²) in [6.07, 6.45) is 5.62. The molecule has 0 saturated heterocycles. The molecule has 0 aliphatic carbocycles. The molecule has 0 atom stereocenters. The van der Waals surface area contributed by atoms with Crippen LogP contribution in [0.5, 0.6) is 0 Å². The average molecular weight is 218 g/mol. The smallest absolute Gasteiger partial charge is 0.162 e. The van der Waals surface area contributed by atoms with Gasteiger partial charge in [-0.2, -0.15) is 0 Å². The van der Waals surface area contributed by atoms with E-state index in [1.54, 1.807) is 0 Å². The van der Waals surface area contributed by atoms with E-state index in [4.69, 9.17) is 4.12 Å². The second-order valence-corrected chi connectivity index (χ2v) is 9.05. The summed E-state index contributed by atoms with van der Waals surface area (Å²) in [6, 6.07) is 4.08. The highest BCUT2D eigenvalue weighted by molar-refractivity contribution is 6.58. The van der Waals surface area contributed by atoms with E-state index >= 15 is 0 Å². The molecule has 0 amide bonds. The van der Waals surface area contributed by atoms with E-state index in [0.29, 0.717) is 0 Å². The molecule has 0 fully saturated rings. The van der Waals surface area contributed by atoms with Crippen molar-refractivity contribution in [2.24, 2.45) is 0 Å². The van der Waals surface area contributed by atoms with Gasteiger partial charge in [0, 0.05) is 0 Å². The minimum atomic E-state index is -0.689. The SMILES string of the molecule is CCCCCC[SiH2]O[SiH](CC)CC. The van der Waals surface area contributed by atoms with Crippen molar-refractivity contribution in [3.63, 3.8) is 0 Å². The third kappa shape index (κ3) is 8.72. The van der Waals surface area contributed by atoms with Gasteiger partial charge in [-0.1, -0.05) is 46.5 Å². The molecule has 0 heterocycles. The van der Waals surface area contributed by atoms with Crippen LogP contribution in [0.4, 0.5) is 0 Å². The predicted octanol–water partition coefficient (Wildman–Crippen LogP) is 2.85. The lowest BCUT2D eigenvalue weighted by Gasteiger charge is -2.11. The summed E-state index contributed by atoms with van der Waals surface area (Å²) < 4.78 is 6.00. The first-order valence-corrected chi connectivity index (χ1v) is 9.64. The molecule has 0 aromatic heterocycles. The van der Waals surface area contributed by atoms with E-state index in [-0.39, 0.29) is 9.76 Å². The molecule has 0 aromatic rings. The van der Waals surface area contributed by atoms with Gasteiger partial charge in [0.1, 0.15) is 9.76 Å². The molecule has 0 radical (unpaired) electrons. The summed E-state index contributed by atoms with van der Waals surface area (Å²) in [5, 5.41) is 0. The summed E-state index contributed by atoms with van der Waals surface area (Å²) in [5.41, 5.74) is 0. The van der Waals surface area contributed by atoms with Crippen LogP contribution in [0, 0.1) is 0 Å². The fraction of sp³-hybridized carbons (Fsp3) is 1.00. The van der Waals surface area contributed by atoms with Crippen LogP contribution >= 0.6 is 0 Å². The Morgan fingerprint density at radius 1 is 1.00 bits per heavy atom. The minimum absolute atomic E-state index is 0.124. The lowest BCUT2D eigenvalue weighted by atomic mass is 10.2. The van der Waals surface area contributed by atoms with Crippen molar-refractivity contribution in [2.45, 2.75) is 64.6 Å². The van der Waals surface area contributed by atoms with E-state index < -0.39 is 9.04 Å². The molecule has 0 aliphatic heterocycles. The van der Waals surface area contributed by atoms with Gasteiger partial charge < -0.3 is 4.12 Å². The molecule has 0 rings (SSSR count). The zero-order valence-electron chi connectivity index (χ0n) is 9.64. The first kappa shape index (κ1) is 13.4. The van der Waals surface area contributed by atoms with Crippen LogP contribution < -0.4 is 0 Å². The molecule has 0 spiro atoms. The van der Waals surface area contributed by atoms with E-state index in [1.807, 2.05) is 0 Å². The summed E-state index contributed by atoms with van der Waals surface area (Å²) >= 11 is 0. The fourth-order valence-corrected chi connectivity index (χ4v) is 6.50. The van der Waals surface area contributed by atoms with Crippen molar-refractivity contribution in [1.82, 2.24) is 0 Å². The summed E-state index contributed by atoms with van der Waals surface area (Å²) in [5.74, 6) is 0. The fourth-order valence-electron chi connectivity index (χ4n) is 1.48. The van der Waals surface area contributed by atoms with Crippen LogP contribution in [-0.2, 0) is 4.12 Å². The van der Waals surface area contributed by atoms with E-state index in [2.05, 4.69) is 20.8 Å². The molecule has 0 bridgehead atoms. The normalized spacial score (nSPS) is 12.0. The number of unbranched alkanes of at least 4 members (excludes halogenated alkanes) is 3. The van der Waals surface area contributed by atoms with Crippen molar-refractivity contribution in [3.8, 4) is 0 Å². The van der Waals surface area contributed by atoms with Crippen molar-refractivity contribution >= 4 is 18.8 Å². The topological polar surface area (TPSA) is 9.23 Å². The van der Waals surface area contributed by atoms with Gasteiger partial charge in [-0.05, 0) is 18.1 Å².